The molecule has 1 rings (SSSR count). The maximum atomic E-state index is 14.2. The van der Waals surface area contributed by atoms with E-state index in [-0.39, 0.29) is 18.0 Å². The molecule has 0 aliphatic rings. The quantitative estimate of drug-likeness (QED) is 0.818. The molecule has 0 aliphatic heterocycles. The van der Waals surface area contributed by atoms with Gasteiger partial charge < -0.3 is 5.73 Å². The molecule has 0 heterocycles. The molecular weight excluding hydrogens is 246 g/mol. The molecule has 1 aromatic rings. The Balaban J connectivity index is 3.03. The minimum absolute atomic E-state index is 0.0282. The molecule has 5 heteroatoms. The summed E-state index contributed by atoms with van der Waals surface area (Å²) in [6, 6.07) is 4.38. The normalized spacial score (nSPS) is 15.8. The second kappa shape index (κ2) is 5.69. The van der Waals surface area contributed by atoms with Gasteiger partial charge in [-0.2, -0.15) is 13.2 Å². The number of hydrogen-bond acceptors (Lipinski definition) is 1. The maximum Gasteiger partial charge on any atom is 0.416 e. The lowest BCUT2D eigenvalue weighted by Crippen LogP contribution is -2.24. The number of benzene rings is 1. The van der Waals surface area contributed by atoms with Gasteiger partial charge in [-0.3, -0.25) is 0 Å². The number of nitrogens with two attached hydrogens (primary N) is 1. The summed E-state index contributed by atoms with van der Waals surface area (Å²) in [6.07, 6.45) is -5.93. The third-order valence-electron chi connectivity index (χ3n) is 3.04. The largest absolute Gasteiger partial charge is 0.416 e. The van der Waals surface area contributed by atoms with E-state index in [1.54, 1.807) is 13.8 Å². The van der Waals surface area contributed by atoms with Crippen molar-refractivity contribution in [3.63, 3.8) is 0 Å². The summed E-state index contributed by atoms with van der Waals surface area (Å²) in [6.45, 7) is 3.71. The van der Waals surface area contributed by atoms with E-state index in [1.165, 1.54) is 12.1 Å². The van der Waals surface area contributed by atoms with Crippen LogP contribution in [0.2, 0.25) is 0 Å². The lowest BCUT2D eigenvalue weighted by Gasteiger charge is -2.23. The van der Waals surface area contributed by atoms with Gasteiger partial charge in [0.05, 0.1) is 5.56 Å². The Morgan fingerprint density at radius 1 is 1.22 bits per heavy atom. The van der Waals surface area contributed by atoms with E-state index < -0.39 is 23.8 Å². The molecule has 2 unspecified atom stereocenters. The van der Waals surface area contributed by atoms with Gasteiger partial charge in [-0.15, -0.1) is 0 Å². The van der Waals surface area contributed by atoms with Gasteiger partial charge in [-0.25, -0.2) is 4.39 Å². The zero-order valence-electron chi connectivity index (χ0n) is 10.3. The summed E-state index contributed by atoms with van der Waals surface area (Å²) < 4.78 is 51.7. The van der Waals surface area contributed by atoms with Crippen LogP contribution < -0.4 is 5.73 Å². The molecule has 0 saturated heterocycles. The van der Waals surface area contributed by atoms with Gasteiger partial charge in [-0.1, -0.05) is 26.0 Å². The highest BCUT2D eigenvalue weighted by molar-refractivity contribution is 5.27. The highest BCUT2D eigenvalue weighted by Gasteiger charge is 2.32. The number of rotatable bonds is 4. The zero-order chi connectivity index (χ0) is 13.9. The van der Waals surface area contributed by atoms with Gasteiger partial charge in [0, 0.05) is 5.92 Å². The van der Waals surface area contributed by atoms with Crippen molar-refractivity contribution >= 4 is 0 Å². The van der Waals surface area contributed by atoms with Gasteiger partial charge in [-0.05, 0) is 30.2 Å². The van der Waals surface area contributed by atoms with E-state index in [4.69, 9.17) is 5.73 Å². The number of hydrogen-bond donors (Lipinski definition) is 1. The first-order valence-electron chi connectivity index (χ1n) is 5.78. The van der Waals surface area contributed by atoms with Crippen LogP contribution in [0.25, 0.3) is 0 Å². The van der Waals surface area contributed by atoms with Gasteiger partial charge in [0.2, 0.25) is 0 Å². The highest BCUT2D eigenvalue weighted by atomic mass is 19.4. The minimum atomic E-state index is -4.45. The summed E-state index contributed by atoms with van der Waals surface area (Å²) in [5, 5.41) is 0. The molecule has 1 nitrogen and oxygen atoms in total. The molecule has 102 valence electrons. The van der Waals surface area contributed by atoms with Gasteiger partial charge in [0.15, 0.2) is 0 Å². The van der Waals surface area contributed by atoms with Crippen LogP contribution in [0.3, 0.4) is 0 Å². The average molecular weight is 263 g/mol. The molecule has 2 N–H and O–H groups in total. The summed E-state index contributed by atoms with van der Waals surface area (Å²) in [4.78, 5) is 0. The topological polar surface area (TPSA) is 26.0 Å². The molecule has 1 aromatic carbocycles. The Bertz CT molecular complexity index is 387. The van der Waals surface area contributed by atoms with E-state index in [9.17, 15) is 17.6 Å². The maximum absolute atomic E-state index is 14.2. The van der Waals surface area contributed by atoms with Gasteiger partial charge >= 0.3 is 6.18 Å². The molecule has 0 bridgehead atoms. The summed E-state index contributed by atoms with van der Waals surface area (Å²) in [5.41, 5.74) is 4.68. The predicted octanol–water partition coefficient (Wildman–Crippen LogP) is 3.95. The van der Waals surface area contributed by atoms with Crippen molar-refractivity contribution in [2.45, 2.75) is 26.2 Å². The van der Waals surface area contributed by atoms with Crippen molar-refractivity contribution < 1.29 is 17.6 Å². The number of alkyl halides is 4. The second-order valence-electron chi connectivity index (χ2n) is 4.67. The van der Waals surface area contributed by atoms with Crippen molar-refractivity contribution in [3.8, 4) is 0 Å². The van der Waals surface area contributed by atoms with Crippen molar-refractivity contribution in [1.82, 2.24) is 0 Å². The van der Waals surface area contributed by atoms with Crippen molar-refractivity contribution in [2.75, 3.05) is 6.54 Å². The number of halogens is 4. The first kappa shape index (κ1) is 15.0. The Kier molecular flexibility index (Phi) is 4.73. The first-order valence-corrected chi connectivity index (χ1v) is 5.78. The van der Waals surface area contributed by atoms with Crippen LogP contribution in [0.5, 0.6) is 0 Å². The molecule has 18 heavy (non-hydrogen) atoms. The molecule has 0 aromatic heterocycles. The fourth-order valence-corrected chi connectivity index (χ4v) is 1.86. The van der Waals surface area contributed by atoms with Crippen LogP contribution in [0.1, 0.15) is 31.1 Å². The molecule has 0 aliphatic carbocycles. The Labute approximate surface area is 104 Å². The Hall–Kier alpha value is -1.10. The van der Waals surface area contributed by atoms with Crippen LogP contribution in [0.15, 0.2) is 24.3 Å². The summed E-state index contributed by atoms with van der Waals surface area (Å²) in [7, 11) is 0. The van der Waals surface area contributed by atoms with E-state index in [2.05, 4.69) is 0 Å². The van der Waals surface area contributed by atoms with Crippen LogP contribution in [-0.2, 0) is 6.18 Å². The smallest absolute Gasteiger partial charge is 0.330 e. The Morgan fingerprint density at radius 3 is 2.28 bits per heavy atom. The van der Waals surface area contributed by atoms with E-state index in [1.807, 2.05) is 0 Å². The molecule has 0 radical (unpaired) electrons. The molecule has 0 amide bonds. The van der Waals surface area contributed by atoms with Crippen LogP contribution >= 0.6 is 0 Å². The van der Waals surface area contributed by atoms with Crippen LogP contribution in [0.4, 0.5) is 17.6 Å². The SMILES string of the molecule is CC(C)C(CN)C(F)c1cccc(C(F)(F)F)c1. The molecule has 0 fully saturated rings. The fraction of sp³-hybridized carbons (Fsp3) is 0.538. The van der Waals surface area contributed by atoms with Crippen LogP contribution in [0, 0.1) is 11.8 Å². The Morgan fingerprint density at radius 2 is 1.83 bits per heavy atom. The van der Waals surface area contributed by atoms with Crippen molar-refractivity contribution in [1.29, 1.82) is 0 Å². The third kappa shape index (κ3) is 3.45. The second-order valence-corrected chi connectivity index (χ2v) is 4.67. The lowest BCUT2D eigenvalue weighted by atomic mass is 9.87. The van der Waals surface area contributed by atoms with E-state index >= 15 is 0 Å². The standard InChI is InChI=1S/C13H17F4N/c1-8(2)11(7-18)12(14)9-4-3-5-10(6-9)13(15,16)17/h3-6,8,11-12H,7,18H2,1-2H3. The average Bonchev–Trinajstić information content (AvgIpc) is 2.28. The van der Waals surface area contributed by atoms with Crippen LogP contribution in [-0.4, -0.2) is 6.54 Å². The third-order valence-corrected chi connectivity index (χ3v) is 3.04. The summed E-state index contributed by atoms with van der Waals surface area (Å²) >= 11 is 0. The molecular formula is C13H17F4N. The summed E-state index contributed by atoms with van der Waals surface area (Å²) in [5.74, 6) is -0.506. The van der Waals surface area contributed by atoms with E-state index in [0.717, 1.165) is 12.1 Å². The van der Waals surface area contributed by atoms with Crippen molar-refractivity contribution in [2.24, 2.45) is 17.6 Å². The van der Waals surface area contributed by atoms with Gasteiger partial charge in [0.25, 0.3) is 0 Å². The molecule has 0 saturated carbocycles. The highest BCUT2D eigenvalue weighted by Crippen LogP contribution is 2.35. The molecule has 2 atom stereocenters. The minimum Gasteiger partial charge on any atom is -0.330 e. The van der Waals surface area contributed by atoms with Crippen molar-refractivity contribution in [3.05, 3.63) is 35.4 Å². The zero-order valence-corrected chi connectivity index (χ0v) is 10.3. The molecule has 0 spiro atoms. The van der Waals surface area contributed by atoms with Gasteiger partial charge in [0.1, 0.15) is 6.17 Å². The predicted molar refractivity (Wildman–Crippen MR) is 62.7 cm³/mol. The lowest BCUT2D eigenvalue weighted by molar-refractivity contribution is -0.137. The monoisotopic (exact) mass is 263 g/mol. The first-order chi connectivity index (χ1) is 8.27. The van der Waals surface area contributed by atoms with E-state index in [0.29, 0.717) is 0 Å². The fourth-order valence-electron chi connectivity index (χ4n) is 1.86.